The molecule has 9 heteroatoms. The van der Waals surface area contributed by atoms with E-state index in [2.05, 4.69) is 31.2 Å². The van der Waals surface area contributed by atoms with Gasteiger partial charge in [-0.1, -0.05) is 24.3 Å². The van der Waals surface area contributed by atoms with Crippen LogP contribution < -0.4 is 27.0 Å². The highest BCUT2D eigenvalue weighted by Crippen LogP contribution is 2.07. The number of pyridine rings is 2. The van der Waals surface area contributed by atoms with E-state index in [4.69, 9.17) is 5.73 Å². The van der Waals surface area contributed by atoms with Crippen molar-refractivity contribution in [3.63, 3.8) is 0 Å². The zero-order valence-corrected chi connectivity index (χ0v) is 21.2. The normalized spacial score (nSPS) is 11.6. The molecule has 0 bridgehead atoms. The lowest BCUT2D eigenvalue weighted by molar-refractivity contribution is -0.123. The lowest BCUT2D eigenvalue weighted by Gasteiger charge is -2.19. The first-order valence-corrected chi connectivity index (χ1v) is 12.7. The first-order chi connectivity index (χ1) is 18.2. The minimum atomic E-state index is -0.623. The Morgan fingerprint density at radius 2 is 1.46 bits per heavy atom. The molecule has 0 aliphatic heterocycles. The van der Waals surface area contributed by atoms with E-state index < -0.39 is 6.04 Å². The molecule has 37 heavy (non-hydrogen) atoms. The summed E-state index contributed by atoms with van der Waals surface area (Å²) in [5.74, 6) is -0.463. The van der Waals surface area contributed by atoms with E-state index in [1.165, 1.54) is 0 Å². The molecule has 1 atom stereocenters. The molecule has 0 aliphatic rings. The molecule has 196 valence electrons. The van der Waals surface area contributed by atoms with Gasteiger partial charge in [-0.25, -0.2) is 0 Å². The molecule has 9 nitrogen and oxygen atoms in total. The van der Waals surface area contributed by atoms with Crippen molar-refractivity contribution in [3.05, 3.63) is 95.6 Å². The van der Waals surface area contributed by atoms with E-state index in [9.17, 15) is 9.59 Å². The van der Waals surface area contributed by atoms with Gasteiger partial charge >= 0.3 is 0 Å². The lowest BCUT2D eigenvalue weighted by Crippen LogP contribution is -2.47. The van der Waals surface area contributed by atoms with Crippen molar-refractivity contribution in [1.82, 2.24) is 31.2 Å². The molecule has 2 amide bonds. The average Bonchev–Trinajstić information content (AvgIpc) is 2.93. The van der Waals surface area contributed by atoms with Crippen LogP contribution in [0.3, 0.4) is 0 Å². The Bertz CT molecular complexity index is 1060. The van der Waals surface area contributed by atoms with E-state index in [1.54, 1.807) is 24.5 Å². The van der Waals surface area contributed by atoms with Gasteiger partial charge in [0.15, 0.2) is 0 Å². The number of carbonyl (C=O) groups excluding carboxylic acids is 2. The van der Waals surface area contributed by atoms with Gasteiger partial charge in [0.05, 0.1) is 11.4 Å². The molecule has 0 fully saturated rings. The third kappa shape index (κ3) is 10.5. The zero-order valence-electron chi connectivity index (χ0n) is 21.2. The number of nitrogens with zero attached hydrogens (tertiary/aromatic N) is 2. The molecule has 6 N–H and O–H groups in total. The predicted octanol–water partition coefficient (Wildman–Crippen LogP) is 1.90. The molecular formula is C28H37N7O2. The topological polar surface area (TPSA) is 134 Å². The van der Waals surface area contributed by atoms with Gasteiger partial charge in [-0.2, -0.15) is 0 Å². The Balaban J connectivity index is 1.47. The van der Waals surface area contributed by atoms with E-state index in [-0.39, 0.29) is 11.8 Å². The summed E-state index contributed by atoms with van der Waals surface area (Å²) in [6.07, 6.45) is 5.47. The number of amides is 2. The summed E-state index contributed by atoms with van der Waals surface area (Å²) in [6, 6.07) is 18.4. The second-order valence-corrected chi connectivity index (χ2v) is 8.72. The van der Waals surface area contributed by atoms with Gasteiger partial charge in [-0.05, 0) is 74.3 Å². The number of hydrogen-bond acceptors (Lipinski definition) is 7. The molecular weight excluding hydrogens is 466 g/mol. The molecule has 1 aromatic carbocycles. The fraction of sp³-hybridized carbons (Fsp3) is 0.357. The van der Waals surface area contributed by atoms with Crippen molar-refractivity contribution < 1.29 is 9.59 Å². The third-order valence-electron chi connectivity index (χ3n) is 5.76. The van der Waals surface area contributed by atoms with Crippen LogP contribution in [0.2, 0.25) is 0 Å². The lowest BCUT2D eigenvalue weighted by atomic mass is 10.1. The predicted molar refractivity (Wildman–Crippen MR) is 144 cm³/mol. The minimum Gasteiger partial charge on any atom is -0.354 e. The summed E-state index contributed by atoms with van der Waals surface area (Å²) in [5.41, 5.74) is 9.05. The SMILES string of the molecule is NCCCNC(=O)[C@H](CCCNCc1ccccn1)NC(=O)c1ccc(CNCc2ccccn2)cc1. The number of carbonyl (C=O) groups is 2. The largest absolute Gasteiger partial charge is 0.354 e. The summed E-state index contributed by atoms with van der Waals surface area (Å²) in [7, 11) is 0. The maximum absolute atomic E-state index is 12.9. The van der Waals surface area contributed by atoms with Gasteiger partial charge in [-0.15, -0.1) is 0 Å². The van der Waals surface area contributed by atoms with E-state index in [0.717, 1.165) is 23.4 Å². The number of rotatable bonds is 16. The van der Waals surface area contributed by atoms with Crippen LogP contribution in [-0.4, -0.2) is 47.5 Å². The third-order valence-corrected chi connectivity index (χ3v) is 5.76. The Morgan fingerprint density at radius 3 is 2.08 bits per heavy atom. The maximum Gasteiger partial charge on any atom is 0.251 e. The van der Waals surface area contributed by atoms with Crippen molar-refractivity contribution in [3.8, 4) is 0 Å². The van der Waals surface area contributed by atoms with E-state index in [1.807, 2.05) is 48.5 Å². The Morgan fingerprint density at radius 1 is 0.784 bits per heavy atom. The number of aromatic nitrogens is 2. The number of hydrogen-bond donors (Lipinski definition) is 5. The smallest absolute Gasteiger partial charge is 0.251 e. The highest BCUT2D eigenvalue weighted by molar-refractivity contribution is 5.97. The first kappa shape index (κ1) is 27.9. The van der Waals surface area contributed by atoms with Crippen molar-refractivity contribution >= 4 is 11.8 Å². The first-order valence-electron chi connectivity index (χ1n) is 12.7. The standard InChI is InChI=1S/C28H37N7O2/c29-14-6-18-34-28(37)26(9-5-15-30-20-24-7-1-3-16-32-24)35-27(36)23-12-10-22(11-13-23)19-31-21-25-8-2-4-17-33-25/h1-4,7-8,10-13,16-17,26,30-31H,5-6,9,14-15,18-21,29H2,(H,34,37)(H,35,36)/t26-/m0/s1. The number of nitrogens with one attached hydrogen (secondary N) is 4. The van der Waals surface area contributed by atoms with Crippen molar-refractivity contribution in [1.29, 1.82) is 0 Å². The van der Waals surface area contributed by atoms with Gasteiger partial charge in [0.2, 0.25) is 5.91 Å². The molecule has 0 spiro atoms. The quantitative estimate of drug-likeness (QED) is 0.189. The van der Waals surface area contributed by atoms with Gasteiger partial charge in [0.1, 0.15) is 6.04 Å². The average molecular weight is 504 g/mol. The zero-order chi connectivity index (χ0) is 26.1. The van der Waals surface area contributed by atoms with Crippen molar-refractivity contribution in [2.45, 2.75) is 44.9 Å². The van der Waals surface area contributed by atoms with Gasteiger partial charge in [-0.3, -0.25) is 19.6 Å². The molecule has 0 saturated carbocycles. The van der Waals surface area contributed by atoms with Crippen LogP contribution in [0.5, 0.6) is 0 Å². The molecule has 2 heterocycles. The van der Waals surface area contributed by atoms with Crippen LogP contribution in [0.25, 0.3) is 0 Å². The van der Waals surface area contributed by atoms with Gasteiger partial charge in [0.25, 0.3) is 5.91 Å². The fourth-order valence-electron chi connectivity index (χ4n) is 3.71. The fourth-order valence-corrected chi connectivity index (χ4v) is 3.71. The molecule has 0 saturated heterocycles. The van der Waals surface area contributed by atoms with Crippen LogP contribution in [-0.2, 0) is 24.4 Å². The van der Waals surface area contributed by atoms with Gasteiger partial charge < -0.3 is 27.0 Å². The second-order valence-electron chi connectivity index (χ2n) is 8.72. The van der Waals surface area contributed by atoms with Crippen LogP contribution in [0, 0.1) is 0 Å². The Labute approximate surface area is 218 Å². The number of benzene rings is 1. The Hall–Kier alpha value is -3.66. The molecule has 0 aliphatic carbocycles. The number of nitrogens with two attached hydrogens (primary N) is 1. The van der Waals surface area contributed by atoms with Gasteiger partial charge in [0, 0.05) is 44.1 Å². The van der Waals surface area contributed by atoms with E-state index >= 15 is 0 Å². The molecule has 2 aromatic heterocycles. The summed E-state index contributed by atoms with van der Waals surface area (Å²) in [4.78, 5) is 34.3. The van der Waals surface area contributed by atoms with Crippen LogP contribution in [0.1, 0.15) is 46.6 Å². The van der Waals surface area contributed by atoms with Crippen LogP contribution in [0.4, 0.5) is 0 Å². The van der Waals surface area contributed by atoms with Crippen LogP contribution >= 0.6 is 0 Å². The molecule has 0 radical (unpaired) electrons. The Kier molecular flexibility index (Phi) is 12.2. The second kappa shape index (κ2) is 16.2. The molecule has 3 rings (SSSR count). The summed E-state index contributed by atoms with van der Waals surface area (Å²) >= 11 is 0. The minimum absolute atomic E-state index is 0.193. The molecule has 3 aromatic rings. The highest BCUT2D eigenvalue weighted by Gasteiger charge is 2.21. The summed E-state index contributed by atoms with van der Waals surface area (Å²) in [6.45, 7) is 3.68. The summed E-state index contributed by atoms with van der Waals surface area (Å²) in [5, 5.41) is 12.5. The van der Waals surface area contributed by atoms with E-state index in [0.29, 0.717) is 57.7 Å². The monoisotopic (exact) mass is 503 g/mol. The van der Waals surface area contributed by atoms with Crippen molar-refractivity contribution in [2.75, 3.05) is 19.6 Å². The van der Waals surface area contributed by atoms with Crippen LogP contribution in [0.15, 0.2) is 73.1 Å². The molecule has 0 unspecified atom stereocenters. The van der Waals surface area contributed by atoms with Crippen molar-refractivity contribution in [2.24, 2.45) is 5.73 Å². The highest BCUT2D eigenvalue weighted by atomic mass is 16.2. The summed E-state index contributed by atoms with van der Waals surface area (Å²) < 4.78 is 0. The maximum atomic E-state index is 12.9.